The van der Waals surface area contributed by atoms with Gasteiger partial charge in [0.25, 0.3) is 0 Å². The zero-order valence-electron chi connectivity index (χ0n) is 14.5. The number of carbonyl (C=O) groups excluding carboxylic acids is 2. The molecule has 6 nitrogen and oxygen atoms in total. The van der Waals surface area contributed by atoms with E-state index in [4.69, 9.17) is 4.74 Å². The molecule has 0 aliphatic carbocycles. The van der Waals surface area contributed by atoms with Crippen LogP contribution in [0.25, 0.3) is 0 Å². The van der Waals surface area contributed by atoms with Gasteiger partial charge in [-0.25, -0.2) is 9.18 Å². The van der Waals surface area contributed by atoms with Crippen LogP contribution in [0.2, 0.25) is 0 Å². The molecular weight excluding hydrogens is 337 g/mol. The Bertz CT molecular complexity index is 793. The molecule has 0 bridgehead atoms. The quantitative estimate of drug-likeness (QED) is 0.787. The number of carbonyl (C=O) groups is 2. The van der Waals surface area contributed by atoms with Crippen molar-refractivity contribution in [2.24, 2.45) is 0 Å². The summed E-state index contributed by atoms with van der Waals surface area (Å²) in [6.07, 6.45) is 0. The van der Waals surface area contributed by atoms with Gasteiger partial charge in [-0.1, -0.05) is 12.1 Å². The van der Waals surface area contributed by atoms with E-state index < -0.39 is 12.1 Å². The number of amides is 3. The Morgan fingerprint density at radius 1 is 1.12 bits per heavy atom. The molecule has 3 atom stereocenters. The van der Waals surface area contributed by atoms with E-state index in [1.807, 2.05) is 31.2 Å². The SMILES string of the molecule is COc1ccc([C@@H]2[C@H](C)NC(=O)[C@H]2NC(=O)Nc2ccc(F)cc2)cc1. The largest absolute Gasteiger partial charge is 0.497 e. The molecule has 0 unspecified atom stereocenters. The predicted octanol–water partition coefficient (Wildman–Crippen LogP) is 2.63. The number of methoxy groups -OCH3 is 1. The van der Waals surface area contributed by atoms with Crippen LogP contribution in [-0.4, -0.2) is 31.1 Å². The minimum absolute atomic E-state index is 0.132. The minimum Gasteiger partial charge on any atom is -0.497 e. The maximum Gasteiger partial charge on any atom is 0.319 e. The van der Waals surface area contributed by atoms with Crippen molar-refractivity contribution in [1.82, 2.24) is 10.6 Å². The average Bonchev–Trinajstić information content (AvgIpc) is 2.90. The Morgan fingerprint density at radius 2 is 1.77 bits per heavy atom. The molecular formula is C19H20FN3O3. The summed E-state index contributed by atoms with van der Waals surface area (Å²) in [4.78, 5) is 24.6. The number of hydrogen-bond donors (Lipinski definition) is 3. The third-order valence-corrected chi connectivity index (χ3v) is 4.44. The predicted molar refractivity (Wildman–Crippen MR) is 95.7 cm³/mol. The Balaban J connectivity index is 1.73. The monoisotopic (exact) mass is 357 g/mol. The van der Waals surface area contributed by atoms with Gasteiger partial charge in [0.15, 0.2) is 0 Å². The molecule has 136 valence electrons. The second-order valence-electron chi connectivity index (χ2n) is 6.18. The Kier molecular flexibility index (Phi) is 5.06. The fourth-order valence-electron chi connectivity index (χ4n) is 3.16. The Morgan fingerprint density at radius 3 is 2.38 bits per heavy atom. The van der Waals surface area contributed by atoms with Crippen molar-refractivity contribution in [3.8, 4) is 5.75 Å². The molecule has 1 aliphatic heterocycles. The van der Waals surface area contributed by atoms with Crippen LogP contribution >= 0.6 is 0 Å². The molecule has 1 fully saturated rings. The van der Waals surface area contributed by atoms with Gasteiger partial charge in [-0.15, -0.1) is 0 Å². The van der Waals surface area contributed by atoms with E-state index >= 15 is 0 Å². The molecule has 3 rings (SSSR count). The first-order chi connectivity index (χ1) is 12.5. The summed E-state index contributed by atoms with van der Waals surface area (Å²) in [5.74, 6) is -0.128. The number of benzene rings is 2. The highest BCUT2D eigenvalue weighted by molar-refractivity contribution is 5.95. The number of ether oxygens (including phenoxy) is 1. The van der Waals surface area contributed by atoms with Gasteiger partial charge in [-0.3, -0.25) is 4.79 Å². The lowest BCUT2D eigenvalue weighted by Gasteiger charge is -2.22. The zero-order valence-corrected chi connectivity index (χ0v) is 14.5. The summed E-state index contributed by atoms with van der Waals surface area (Å²) in [5.41, 5.74) is 1.36. The lowest BCUT2D eigenvalue weighted by atomic mass is 9.89. The summed E-state index contributed by atoms with van der Waals surface area (Å²) in [5, 5.41) is 8.18. The van der Waals surface area contributed by atoms with E-state index in [9.17, 15) is 14.0 Å². The normalized spacial score (nSPS) is 21.8. The van der Waals surface area contributed by atoms with Crippen LogP contribution < -0.4 is 20.7 Å². The van der Waals surface area contributed by atoms with Gasteiger partial charge in [0.2, 0.25) is 5.91 Å². The number of anilines is 1. The maximum absolute atomic E-state index is 12.9. The zero-order chi connectivity index (χ0) is 18.7. The van der Waals surface area contributed by atoms with E-state index in [0.29, 0.717) is 5.69 Å². The number of nitrogens with one attached hydrogen (secondary N) is 3. The molecule has 1 heterocycles. The second kappa shape index (κ2) is 7.43. The molecule has 0 spiro atoms. The van der Waals surface area contributed by atoms with Gasteiger partial charge in [0, 0.05) is 17.6 Å². The van der Waals surface area contributed by atoms with Crippen molar-refractivity contribution in [2.75, 3.05) is 12.4 Å². The lowest BCUT2D eigenvalue weighted by Crippen LogP contribution is -2.44. The van der Waals surface area contributed by atoms with Crippen molar-refractivity contribution >= 4 is 17.6 Å². The molecule has 0 aromatic heterocycles. The summed E-state index contributed by atoms with van der Waals surface area (Å²) in [7, 11) is 1.59. The van der Waals surface area contributed by atoms with Crippen molar-refractivity contribution in [2.45, 2.75) is 24.9 Å². The third kappa shape index (κ3) is 3.77. The van der Waals surface area contributed by atoms with Crippen LogP contribution in [0.4, 0.5) is 14.9 Å². The van der Waals surface area contributed by atoms with Gasteiger partial charge in [-0.05, 0) is 48.9 Å². The Labute approximate surface area is 150 Å². The topological polar surface area (TPSA) is 79.5 Å². The highest BCUT2D eigenvalue weighted by Crippen LogP contribution is 2.30. The van der Waals surface area contributed by atoms with Crippen LogP contribution in [0, 0.1) is 5.82 Å². The van der Waals surface area contributed by atoms with Gasteiger partial charge >= 0.3 is 6.03 Å². The highest BCUT2D eigenvalue weighted by Gasteiger charge is 2.41. The molecule has 7 heteroatoms. The van der Waals surface area contributed by atoms with Gasteiger partial charge in [-0.2, -0.15) is 0 Å². The van der Waals surface area contributed by atoms with E-state index in [0.717, 1.165) is 11.3 Å². The smallest absolute Gasteiger partial charge is 0.319 e. The molecule has 2 aromatic rings. The Hall–Kier alpha value is -3.09. The van der Waals surface area contributed by atoms with Crippen LogP contribution in [0.5, 0.6) is 5.75 Å². The molecule has 0 radical (unpaired) electrons. The van der Waals surface area contributed by atoms with Crippen molar-refractivity contribution < 1.29 is 18.7 Å². The lowest BCUT2D eigenvalue weighted by molar-refractivity contribution is -0.120. The average molecular weight is 357 g/mol. The van der Waals surface area contributed by atoms with E-state index in [1.165, 1.54) is 24.3 Å². The van der Waals surface area contributed by atoms with Gasteiger partial charge in [0.05, 0.1) is 7.11 Å². The van der Waals surface area contributed by atoms with Crippen LogP contribution in [0.1, 0.15) is 18.4 Å². The van der Waals surface area contributed by atoms with Crippen LogP contribution in [0.3, 0.4) is 0 Å². The van der Waals surface area contributed by atoms with E-state index in [2.05, 4.69) is 16.0 Å². The summed E-state index contributed by atoms with van der Waals surface area (Å²) >= 11 is 0. The molecule has 1 saturated heterocycles. The van der Waals surface area contributed by atoms with Crippen molar-refractivity contribution in [3.63, 3.8) is 0 Å². The first kappa shape index (κ1) is 17.7. The third-order valence-electron chi connectivity index (χ3n) is 4.44. The summed E-state index contributed by atoms with van der Waals surface area (Å²) < 4.78 is 18.1. The molecule has 26 heavy (non-hydrogen) atoms. The molecule has 3 amide bonds. The van der Waals surface area contributed by atoms with Crippen LogP contribution in [-0.2, 0) is 4.79 Å². The number of hydrogen-bond acceptors (Lipinski definition) is 3. The minimum atomic E-state index is -0.709. The van der Waals surface area contributed by atoms with Gasteiger partial charge < -0.3 is 20.7 Å². The van der Waals surface area contributed by atoms with E-state index in [-0.39, 0.29) is 23.7 Å². The molecule has 0 saturated carbocycles. The molecule has 2 aromatic carbocycles. The molecule has 1 aliphatic rings. The van der Waals surface area contributed by atoms with Crippen molar-refractivity contribution in [1.29, 1.82) is 0 Å². The van der Waals surface area contributed by atoms with Crippen molar-refractivity contribution in [3.05, 3.63) is 59.9 Å². The summed E-state index contributed by atoms with van der Waals surface area (Å²) in [6, 6.07) is 11.4. The maximum atomic E-state index is 12.9. The number of halogens is 1. The first-order valence-electron chi connectivity index (χ1n) is 8.25. The number of urea groups is 1. The first-order valence-corrected chi connectivity index (χ1v) is 8.25. The fourth-order valence-corrected chi connectivity index (χ4v) is 3.16. The second-order valence-corrected chi connectivity index (χ2v) is 6.18. The van der Waals surface area contributed by atoms with Gasteiger partial charge in [0.1, 0.15) is 17.6 Å². The number of rotatable bonds is 4. The fraction of sp³-hybridized carbons (Fsp3) is 0.263. The standard InChI is InChI=1S/C19H20FN3O3/c1-11-16(12-3-9-15(26-2)10-4-12)17(18(24)21-11)23-19(25)22-14-7-5-13(20)6-8-14/h3-11,16-17H,1-2H3,(H,21,24)(H2,22,23,25)/t11-,16-,17-/m0/s1. The summed E-state index contributed by atoms with van der Waals surface area (Å²) in [6.45, 7) is 1.90. The van der Waals surface area contributed by atoms with Crippen LogP contribution in [0.15, 0.2) is 48.5 Å². The highest BCUT2D eigenvalue weighted by atomic mass is 19.1. The van der Waals surface area contributed by atoms with E-state index in [1.54, 1.807) is 7.11 Å². The molecule has 3 N–H and O–H groups in total.